The fraction of sp³-hybridized carbons (Fsp3) is 0.455. The van der Waals surface area contributed by atoms with Gasteiger partial charge in [0.1, 0.15) is 4.90 Å². The Morgan fingerprint density at radius 1 is 1.40 bits per heavy atom. The standard InChI is InChI=1S/C11H16BrFN2O4S/c12-9-6-8(14)7-10(11(9)13)20(17,18)15-2-1-4-19-5-3-16/h6-7,15-16H,1-5,14H2. The van der Waals surface area contributed by atoms with E-state index in [1.807, 2.05) is 0 Å². The molecular weight excluding hydrogens is 355 g/mol. The second-order valence-electron chi connectivity index (χ2n) is 3.90. The Hall–Kier alpha value is -0.740. The van der Waals surface area contributed by atoms with E-state index in [-0.39, 0.29) is 29.9 Å². The van der Waals surface area contributed by atoms with Gasteiger partial charge in [-0.1, -0.05) is 0 Å². The van der Waals surface area contributed by atoms with E-state index in [9.17, 15) is 12.8 Å². The van der Waals surface area contributed by atoms with Crippen LogP contribution in [0.1, 0.15) is 6.42 Å². The zero-order valence-corrected chi connectivity index (χ0v) is 13.0. The highest BCUT2D eigenvalue weighted by atomic mass is 79.9. The average Bonchev–Trinajstić information content (AvgIpc) is 2.37. The summed E-state index contributed by atoms with van der Waals surface area (Å²) < 4.78 is 44.9. The Morgan fingerprint density at radius 2 is 2.10 bits per heavy atom. The Morgan fingerprint density at radius 3 is 2.75 bits per heavy atom. The molecule has 1 rings (SSSR count). The first-order valence-electron chi connectivity index (χ1n) is 5.81. The minimum atomic E-state index is -3.97. The van der Waals surface area contributed by atoms with Gasteiger partial charge in [0.05, 0.1) is 17.7 Å². The van der Waals surface area contributed by atoms with E-state index >= 15 is 0 Å². The predicted molar refractivity (Wildman–Crippen MR) is 76.2 cm³/mol. The molecule has 0 aliphatic heterocycles. The van der Waals surface area contributed by atoms with Crippen molar-refractivity contribution in [2.24, 2.45) is 0 Å². The number of sulfonamides is 1. The van der Waals surface area contributed by atoms with Gasteiger partial charge in [0.15, 0.2) is 5.82 Å². The van der Waals surface area contributed by atoms with Crippen LogP contribution in [0.25, 0.3) is 0 Å². The number of rotatable bonds is 8. The van der Waals surface area contributed by atoms with Gasteiger partial charge in [0.2, 0.25) is 10.0 Å². The minimum Gasteiger partial charge on any atom is -0.399 e. The van der Waals surface area contributed by atoms with Gasteiger partial charge in [-0.05, 0) is 34.5 Å². The molecule has 6 nitrogen and oxygen atoms in total. The average molecular weight is 371 g/mol. The maximum Gasteiger partial charge on any atom is 0.243 e. The number of aliphatic hydroxyl groups excluding tert-OH is 1. The van der Waals surface area contributed by atoms with E-state index in [4.69, 9.17) is 15.6 Å². The molecule has 0 heterocycles. The molecule has 0 unspecified atom stereocenters. The lowest BCUT2D eigenvalue weighted by molar-refractivity contribution is 0.0913. The summed E-state index contributed by atoms with van der Waals surface area (Å²) in [5, 5.41) is 8.49. The quantitative estimate of drug-likeness (QED) is 0.465. The maximum absolute atomic E-state index is 13.8. The third kappa shape index (κ3) is 4.98. The molecule has 0 atom stereocenters. The van der Waals surface area contributed by atoms with Crippen LogP contribution in [0, 0.1) is 5.82 Å². The minimum absolute atomic E-state index is 0.0100. The third-order valence-corrected chi connectivity index (χ3v) is 4.34. The molecule has 0 aromatic heterocycles. The number of ether oxygens (including phenoxy) is 1. The van der Waals surface area contributed by atoms with Crippen molar-refractivity contribution in [3.8, 4) is 0 Å². The van der Waals surface area contributed by atoms with Crippen LogP contribution in [-0.2, 0) is 14.8 Å². The van der Waals surface area contributed by atoms with Crippen LogP contribution in [0.5, 0.6) is 0 Å². The van der Waals surface area contributed by atoms with Crippen LogP contribution < -0.4 is 10.5 Å². The smallest absolute Gasteiger partial charge is 0.243 e. The molecule has 1 aromatic rings. The number of nitrogen functional groups attached to an aromatic ring is 1. The molecule has 0 saturated carbocycles. The van der Waals surface area contributed by atoms with Crippen molar-refractivity contribution < 1.29 is 22.7 Å². The molecule has 20 heavy (non-hydrogen) atoms. The first-order chi connectivity index (χ1) is 9.38. The number of nitrogens with two attached hydrogens (primary N) is 1. The van der Waals surface area contributed by atoms with Crippen LogP contribution in [-0.4, -0.2) is 39.9 Å². The molecule has 0 bridgehead atoms. The fourth-order valence-electron chi connectivity index (χ4n) is 1.40. The second-order valence-corrected chi connectivity index (χ2v) is 6.49. The lowest BCUT2D eigenvalue weighted by Crippen LogP contribution is -2.26. The van der Waals surface area contributed by atoms with Crippen LogP contribution in [0.3, 0.4) is 0 Å². The summed E-state index contributed by atoms with van der Waals surface area (Å²) in [5.74, 6) is -0.886. The first kappa shape index (κ1) is 17.3. The third-order valence-electron chi connectivity index (χ3n) is 2.30. The van der Waals surface area contributed by atoms with E-state index < -0.39 is 20.7 Å². The normalized spacial score (nSPS) is 11.8. The van der Waals surface area contributed by atoms with E-state index in [0.29, 0.717) is 13.0 Å². The number of hydrogen-bond acceptors (Lipinski definition) is 5. The van der Waals surface area contributed by atoms with Gasteiger partial charge in [-0.15, -0.1) is 0 Å². The molecule has 0 radical (unpaired) electrons. The molecule has 0 aliphatic rings. The van der Waals surface area contributed by atoms with E-state index in [2.05, 4.69) is 20.7 Å². The SMILES string of the molecule is Nc1cc(Br)c(F)c(S(=O)(=O)NCCCOCCO)c1. The molecular formula is C11H16BrFN2O4S. The number of anilines is 1. The molecule has 0 saturated heterocycles. The summed E-state index contributed by atoms with van der Waals surface area (Å²) >= 11 is 2.91. The predicted octanol–water partition coefficient (Wildman–Crippen LogP) is 0.848. The molecule has 0 amide bonds. The first-order valence-corrected chi connectivity index (χ1v) is 8.09. The Bertz CT molecular complexity index is 554. The molecule has 4 N–H and O–H groups in total. The number of aliphatic hydroxyl groups is 1. The number of benzene rings is 1. The molecule has 114 valence electrons. The van der Waals surface area contributed by atoms with E-state index in [1.165, 1.54) is 6.07 Å². The van der Waals surface area contributed by atoms with Crippen molar-refractivity contribution in [2.75, 3.05) is 32.1 Å². The summed E-state index contributed by atoms with van der Waals surface area (Å²) in [5.41, 5.74) is 5.65. The van der Waals surface area contributed by atoms with Crippen LogP contribution in [0.15, 0.2) is 21.5 Å². The van der Waals surface area contributed by atoms with Gasteiger partial charge in [-0.2, -0.15) is 0 Å². The zero-order valence-electron chi connectivity index (χ0n) is 10.6. The summed E-state index contributed by atoms with van der Waals surface area (Å²) in [6, 6.07) is 2.35. The van der Waals surface area contributed by atoms with Crippen LogP contribution in [0.4, 0.5) is 10.1 Å². The van der Waals surface area contributed by atoms with Crippen molar-refractivity contribution in [1.82, 2.24) is 4.72 Å². The largest absolute Gasteiger partial charge is 0.399 e. The Balaban J connectivity index is 2.65. The highest BCUT2D eigenvalue weighted by molar-refractivity contribution is 9.10. The highest BCUT2D eigenvalue weighted by Crippen LogP contribution is 2.25. The molecule has 1 aromatic carbocycles. The monoisotopic (exact) mass is 370 g/mol. The lowest BCUT2D eigenvalue weighted by atomic mass is 10.3. The van der Waals surface area contributed by atoms with Crippen molar-refractivity contribution in [3.63, 3.8) is 0 Å². The summed E-state index contributed by atoms with van der Waals surface area (Å²) in [7, 11) is -3.97. The van der Waals surface area contributed by atoms with Gasteiger partial charge in [0, 0.05) is 18.8 Å². The summed E-state index contributed by atoms with van der Waals surface area (Å²) in [4.78, 5) is -0.499. The fourth-order valence-corrected chi connectivity index (χ4v) is 3.22. The summed E-state index contributed by atoms with van der Waals surface area (Å²) in [6.07, 6.45) is 0.407. The van der Waals surface area contributed by atoms with Gasteiger partial charge < -0.3 is 15.6 Å². The lowest BCUT2D eigenvalue weighted by Gasteiger charge is -2.09. The van der Waals surface area contributed by atoms with Gasteiger partial charge in [-0.3, -0.25) is 0 Å². The number of halogens is 2. The van der Waals surface area contributed by atoms with Gasteiger partial charge >= 0.3 is 0 Å². The zero-order chi connectivity index (χ0) is 15.2. The second kappa shape index (κ2) is 7.89. The Kier molecular flexibility index (Phi) is 6.83. The highest BCUT2D eigenvalue weighted by Gasteiger charge is 2.21. The van der Waals surface area contributed by atoms with Crippen molar-refractivity contribution in [2.45, 2.75) is 11.3 Å². The number of hydrogen-bond donors (Lipinski definition) is 3. The molecule has 0 fully saturated rings. The van der Waals surface area contributed by atoms with Crippen LogP contribution >= 0.6 is 15.9 Å². The maximum atomic E-state index is 13.8. The molecule has 0 aliphatic carbocycles. The topological polar surface area (TPSA) is 102 Å². The van der Waals surface area contributed by atoms with Gasteiger partial charge in [0.25, 0.3) is 0 Å². The molecule has 0 spiro atoms. The summed E-state index contributed by atoms with van der Waals surface area (Å²) in [6.45, 7) is 0.504. The number of nitrogens with one attached hydrogen (secondary N) is 1. The van der Waals surface area contributed by atoms with E-state index in [0.717, 1.165) is 6.07 Å². The van der Waals surface area contributed by atoms with Crippen LogP contribution in [0.2, 0.25) is 0 Å². The van der Waals surface area contributed by atoms with E-state index in [1.54, 1.807) is 0 Å². The molecule has 9 heteroatoms. The Labute approximate surface area is 125 Å². The van der Waals surface area contributed by atoms with Gasteiger partial charge in [-0.25, -0.2) is 17.5 Å². The van der Waals surface area contributed by atoms with Crippen molar-refractivity contribution in [1.29, 1.82) is 0 Å². The van der Waals surface area contributed by atoms with Crippen molar-refractivity contribution >= 4 is 31.6 Å². The van der Waals surface area contributed by atoms with Crippen molar-refractivity contribution in [3.05, 3.63) is 22.4 Å².